The van der Waals surface area contributed by atoms with Gasteiger partial charge < -0.3 is 14.5 Å². The normalized spacial score (nSPS) is 23.3. The fourth-order valence-corrected chi connectivity index (χ4v) is 4.07. The number of carbonyl (C=O) groups excluding carboxylic acids is 1. The minimum atomic E-state index is -1.50. The van der Waals surface area contributed by atoms with Crippen molar-refractivity contribution in [1.29, 1.82) is 0 Å². The van der Waals surface area contributed by atoms with Crippen LogP contribution in [0.3, 0.4) is 0 Å². The van der Waals surface area contributed by atoms with Crippen molar-refractivity contribution >= 4 is 17.4 Å². The van der Waals surface area contributed by atoms with E-state index in [0.29, 0.717) is 25.1 Å². The highest BCUT2D eigenvalue weighted by atomic mass is 19.2. The van der Waals surface area contributed by atoms with Crippen molar-refractivity contribution in [3.05, 3.63) is 41.1 Å². The molecule has 2 aliphatic rings. The van der Waals surface area contributed by atoms with E-state index in [9.17, 15) is 18.0 Å². The summed E-state index contributed by atoms with van der Waals surface area (Å²) in [5.74, 6) is -2.35. The van der Waals surface area contributed by atoms with Crippen LogP contribution in [-0.2, 0) is 11.2 Å². The number of aromatic nitrogens is 2. The first kappa shape index (κ1) is 20.4. The molecular weight excluding hydrogens is 397 g/mol. The highest BCUT2D eigenvalue weighted by Gasteiger charge is 2.36. The van der Waals surface area contributed by atoms with Gasteiger partial charge in [0.05, 0.1) is 11.8 Å². The Balaban J connectivity index is 1.42. The Bertz CT molecular complexity index is 987. The van der Waals surface area contributed by atoms with Gasteiger partial charge in [-0.15, -0.1) is 0 Å². The molecule has 1 aliphatic heterocycles. The minimum Gasteiger partial charge on any atom is -0.490 e. The van der Waals surface area contributed by atoms with Gasteiger partial charge in [-0.1, -0.05) is 0 Å². The van der Waals surface area contributed by atoms with Crippen LogP contribution in [0.15, 0.2) is 12.1 Å². The molecular formula is C21H23F3N4O2. The smallest absolute Gasteiger partial charge is 0.249 e. The van der Waals surface area contributed by atoms with Gasteiger partial charge in [0.2, 0.25) is 5.91 Å². The van der Waals surface area contributed by atoms with Crippen molar-refractivity contribution in [2.45, 2.75) is 45.3 Å². The molecule has 9 heteroatoms. The van der Waals surface area contributed by atoms with Crippen LogP contribution in [-0.4, -0.2) is 42.1 Å². The number of nitrogens with zero attached hydrogens (tertiary/aromatic N) is 4. The number of halogens is 3. The van der Waals surface area contributed by atoms with Crippen molar-refractivity contribution in [3.63, 3.8) is 0 Å². The fourth-order valence-electron chi connectivity index (χ4n) is 4.07. The molecule has 0 unspecified atom stereocenters. The second-order valence-electron chi connectivity index (χ2n) is 8.06. The van der Waals surface area contributed by atoms with Gasteiger partial charge in [-0.2, -0.15) is 0 Å². The standard InChI is InChI=1S/C21H23F3N4O2/c1-10-19-20(27(3)11(2)21(29)28(19)4)26-17(25-10)7-12-5-13(6-12)30-14-8-15(22)18(24)16(23)9-14/h8-9,11-13H,5-7H2,1-4H3/t11-,12?,13?/m0/s1. The Hall–Kier alpha value is -2.84. The van der Waals surface area contributed by atoms with Gasteiger partial charge in [0.25, 0.3) is 0 Å². The van der Waals surface area contributed by atoms with Crippen molar-refractivity contribution in [1.82, 2.24) is 9.97 Å². The van der Waals surface area contributed by atoms with Crippen LogP contribution < -0.4 is 14.5 Å². The molecule has 1 amide bonds. The van der Waals surface area contributed by atoms with E-state index < -0.39 is 17.5 Å². The lowest BCUT2D eigenvalue weighted by Crippen LogP contribution is -2.50. The van der Waals surface area contributed by atoms with Gasteiger partial charge in [0.15, 0.2) is 23.3 Å². The Morgan fingerprint density at radius 3 is 2.40 bits per heavy atom. The molecule has 6 nitrogen and oxygen atoms in total. The molecule has 1 aliphatic carbocycles. The summed E-state index contributed by atoms with van der Waals surface area (Å²) in [5.41, 5.74) is 1.47. The van der Waals surface area contributed by atoms with Gasteiger partial charge >= 0.3 is 0 Å². The molecule has 0 spiro atoms. The van der Waals surface area contributed by atoms with Gasteiger partial charge in [0.1, 0.15) is 23.3 Å². The maximum Gasteiger partial charge on any atom is 0.249 e. The summed E-state index contributed by atoms with van der Waals surface area (Å²) in [4.78, 5) is 25.1. The van der Waals surface area contributed by atoms with Gasteiger partial charge in [-0.25, -0.2) is 23.1 Å². The number of rotatable bonds is 4. The molecule has 30 heavy (non-hydrogen) atoms. The van der Waals surface area contributed by atoms with Crippen LogP contribution >= 0.6 is 0 Å². The van der Waals surface area contributed by atoms with E-state index in [0.717, 1.165) is 29.3 Å². The van der Waals surface area contributed by atoms with E-state index in [4.69, 9.17) is 9.72 Å². The largest absolute Gasteiger partial charge is 0.490 e. The first-order valence-corrected chi connectivity index (χ1v) is 9.84. The van der Waals surface area contributed by atoms with E-state index in [1.807, 2.05) is 25.8 Å². The molecule has 0 bridgehead atoms. The van der Waals surface area contributed by atoms with Crippen molar-refractivity contribution < 1.29 is 22.7 Å². The number of hydrogen-bond donors (Lipinski definition) is 0. The Morgan fingerprint density at radius 1 is 1.13 bits per heavy atom. The lowest BCUT2D eigenvalue weighted by Gasteiger charge is -2.38. The predicted molar refractivity (Wildman–Crippen MR) is 105 cm³/mol. The highest BCUT2D eigenvalue weighted by Crippen LogP contribution is 2.37. The molecule has 0 N–H and O–H groups in total. The SMILES string of the molecule is Cc1nc(CC2CC(Oc3cc(F)c(F)c(F)c3)C2)nc2c1N(C)C(=O)[C@H](C)N2C. The third-order valence-electron chi connectivity index (χ3n) is 5.95. The van der Waals surface area contributed by atoms with Gasteiger partial charge in [0, 0.05) is 32.6 Å². The van der Waals surface area contributed by atoms with E-state index in [1.54, 1.807) is 11.9 Å². The molecule has 160 valence electrons. The Kier molecular flexibility index (Phi) is 5.07. The minimum absolute atomic E-state index is 0.00269. The monoisotopic (exact) mass is 420 g/mol. The number of aryl methyl sites for hydroxylation is 1. The van der Waals surface area contributed by atoms with E-state index >= 15 is 0 Å². The summed E-state index contributed by atoms with van der Waals surface area (Å²) < 4.78 is 45.3. The molecule has 1 aromatic heterocycles. The lowest BCUT2D eigenvalue weighted by atomic mass is 9.80. The lowest BCUT2D eigenvalue weighted by molar-refractivity contribution is -0.119. The molecule has 4 rings (SSSR count). The summed E-state index contributed by atoms with van der Waals surface area (Å²) >= 11 is 0. The zero-order valence-corrected chi connectivity index (χ0v) is 17.2. The summed E-state index contributed by atoms with van der Waals surface area (Å²) in [6.07, 6.45) is 1.82. The van der Waals surface area contributed by atoms with Crippen LogP contribution in [0.2, 0.25) is 0 Å². The zero-order chi connectivity index (χ0) is 21.7. The topological polar surface area (TPSA) is 58.6 Å². The molecule has 1 aromatic carbocycles. The van der Waals surface area contributed by atoms with Crippen molar-refractivity contribution in [2.24, 2.45) is 5.92 Å². The number of benzene rings is 1. The highest BCUT2D eigenvalue weighted by molar-refractivity contribution is 6.04. The van der Waals surface area contributed by atoms with Crippen LogP contribution in [0.5, 0.6) is 5.75 Å². The van der Waals surface area contributed by atoms with Crippen LogP contribution in [0, 0.1) is 30.3 Å². The van der Waals surface area contributed by atoms with E-state index in [2.05, 4.69) is 4.98 Å². The maximum absolute atomic E-state index is 13.3. The third-order valence-corrected chi connectivity index (χ3v) is 5.95. The number of likely N-dealkylation sites (N-methyl/N-ethyl adjacent to an activating group) is 2. The second kappa shape index (κ2) is 7.45. The summed E-state index contributed by atoms with van der Waals surface area (Å²) in [5, 5.41) is 0. The quantitative estimate of drug-likeness (QED) is 0.710. The first-order valence-electron chi connectivity index (χ1n) is 9.84. The number of ether oxygens (including phenoxy) is 1. The molecule has 1 atom stereocenters. The van der Waals surface area contributed by atoms with Crippen LogP contribution in [0.1, 0.15) is 31.3 Å². The Labute approximate surface area is 172 Å². The number of amides is 1. The second-order valence-corrected chi connectivity index (χ2v) is 8.06. The molecule has 0 radical (unpaired) electrons. The number of fused-ring (bicyclic) bond motifs is 1. The van der Waals surface area contributed by atoms with Crippen LogP contribution in [0.25, 0.3) is 0 Å². The summed E-state index contributed by atoms with van der Waals surface area (Å²) in [6, 6.07) is 1.41. The number of carbonyl (C=O) groups is 1. The van der Waals surface area contributed by atoms with Crippen molar-refractivity contribution in [3.8, 4) is 5.75 Å². The third kappa shape index (κ3) is 3.46. The first-order chi connectivity index (χ1) is 14.2. The summed E-state index contributed by atoms with van der Waals surface area (Å²) in [6.45, 7) is 3.70. The number of anilines is 2. The van der Waals surface area contributed by atoms with Gasteiger partial charge in [-0.3, -0.25) is 4.79 Å². The molecule has 1 saturated carbocycles. The van der Waals surface area contributed by atoms with E-state index in [1.165, 1.54) is 0 Å². The predicted octanol–water partition coefficient (Wildman–Crippen LogP) is 3.40. The number of hydrogen-bond acceptors (Lipinski definition) is 5. The summed E-state index contributed by atoms with van der Waals surface area (Å²) in [7, 11) is 3.58. The zero-order valence-electron chi connectivity index (χ0n) is 17.2. The molecule has 2 aromatic rings. The average molecular weight is 420 g/mol. The van der Waals surface area contributed by atoms with Crippen LogP contribution in [0.4, 0.5) is 24.7 Å². The van der Waals surface area contributed by atoms with E-state index in [-0.39, 0.29) is 29.7 Å². The Morgan fingerprint density at radius 2 is 1.77 bits per heavy atom. The molecule has 2 heterocycles. The maximum atomic E-state index is 13.3. The van der Waals surface area contributed by atoms with Gasteiger partial charge in [-0.05, 0) is 32.6 Å². The fraction of sp³-hybridized carbons (Fsp3) is 0.476. The molecule has 1 fully saturated rings. The van der Waals surface area contributed by atoms with Crippen molar-refractivity contribution in [2.75, 3.05) is 23.9 Å². The molecule has 0 saturated heterocycles. The average Bonchev–Trinajstić information content (AvgIpc) is 2.66.